The highest BCUT2D eigenvalue weighted by atomic mass is 19.1. The summed E-state index contributed by atoms with van der Waals surface area (Å²) in [5.41, 5.74) is 2.12. The van der Waals surface area contributed by atoms with Crippen molar-refractivity contribution in [3.63, 3.8) is 0 Å². The molecule has 0 aliphatic carbocycles. The van der Waals surface area contributed by atoms with Crippen LogP contribution in [-0.2, 0) is 39.8 Å². The van der Waals surface area contributed by atoms with Gasteiger partial charge in [0.2, 0.25) is 18.1 Å². The second-order valence-corrected chi connectivity index (χ2v) is 9.51. The lowest BCUT2D eigenvalue weighted by molar-refractivity contribution is -0.250. The molecule has 2 N–H and O–H groups in total. The number of carbonyl (C=O) groups excluding carboxylic acids is 4. The molecule has 10 nitrogen and oxygen atoms in total. The van der Waals surface area contributed by atoms with Gasteiger partial charge in [0.25, 0.3) is 0 Å². The Labute approximate surface area is 232 Å². The van der Waals surface area contributed by atoms with Crippen molar-refractivity contribution in [1.29, 1.82) is 0 Å². The summed E-state index contributed by atoms with van der Waals surface area (Å²) in [6, 6.07) is 10.3. The van der Waals surface area contributed by atoms with E-state index in [1.807, 2.05) is 6.92 Å². The van der Waals surface area contributed by atoms with E-state index in [0.717, 1.165) is 5.56 Å². The minimum absolute atomic E-state index is 0.161. The summed E-state index contributed by atoms with van der Waals surface area (Å²) >= 11 is 0. The zero-order chi connectivity index (χ0) is 29.4. The number of rotatable bonds is 10. The molecule has 5 atom stereocenters. The highest BCUT2D eigenvalue weighted by Gasteiger charge is 2.50. The van der Waals surface area contributed by atoms with Crippen LogP contribution in [0.2, 0.25) is 0 Å². The van der Waals surface area contributed by atoms with Crippen molar-refractivity contribution in [3.05, 3.63) is 53.8 Å². The summed E-state index contributed by atoms with van der Waals surface area (Å²) in [6.07, 6.45) is -3.04. The van der Waals surface area contributed by atoms with Crippen LogP contribution in [0.1, 0.15) is 46.6 Å². The molecule has 2 aromatic carbocycles. The smallest absolute Gasteiger partial charge is 0.303 e. The maximum atomic E-state index is 14.1. The van der Waals surface area contributed by atoms with Crippen molar-refractivity contribution in [2.45, 2.75) is 78.1 Å². The number of carbonyl (C=O) groups is 4. The first-order chi connectivity index (χ1) is 19.0. The van der Waals surface area contributed by atoms with Crippen molar-refractivity contribution in [2.75, 3.05) is 6.54 Å². The number of esters is 2. The van der Waals surface area contributed by atoms with Crippen molar-refractivity contribution in [3.8, 4) is 16.9 Å². The van der Waals surface area contributed by atoms with Crippen molar-refractivity contribution in [1.82, 2.24) is 10.6 Å². The maximum absolute atomic E-state index is 14.1. The van der Waals surface area contributed by atoms with Crippen LogP contribution in [0.4, 0.5) is 4.39 Å². The number of amides is 2. The second kappa shape index (κ2) is 13.9. The van der Waals surface area contributed by atoms with Gasteiger partial charge in [0.05, 0.1) is 0 Å². The Morgan fingerprint density at radius 1 is 0.925 bits per heavy atom. The van der Waals surface area contributed by atoms with Crippen molar-refractivity contribution >= 4 is 23.8 Å². The molecule has 0 aromatic heterocycles. The van der Waals surface area contributed by atoms with E-state index in [4.69, 9.17) is 18.9 Å². The molecular weight excluding hydrogens is 523 g/mol. The molecule has 1 unspecified atom stereocenters. The van der Waals surface area contributed by atoms with E-state index in [0.29, 0.717) is 36.3 Å². The number of halogens is 1. The lowest BCUT2D eigenvalue weighted by Crippen LogP contribution is -2.66. The molecule has 0 spiro atoms. The van der Waals surface area contributed by atoms with Crippen LogP contribution < -0.4 is 15.4 Å². The Balaban J connectivity index is 2.00. The van der Waals surface area contributed by atoms with E-state index in [1.54, 1.807) is 30.3 Å². The van der Waals surface area contributed by atoms with Gasteiger partial charge in [-0.05, 0) is 53.8 Å². The minimum atomic E-state index is -1.13. The number of ether oxygens (including phenoxy) is 4. The molecule has 1 heterocycles. The molecule has 11 heteroatoms. The molecule has 3 rings (SSSR count). The zero-order valence-corrected chi connectivity index (χ0v) is 23.2. The average molecular weight is 559 g/mol. The summed E-state index contributed by atoms with van der Waals surface area (Å²) in [5, 5.41) is 5.47. The molecule has 1 aliphatic rings. The minimum Gasteiger partial charge on any atom is -0.463 e. The fraction of sp³-hybridized carbons (Fsp3) is 0.448. The molecule has 0 saturated carbocycles. The van der Waals surface area contributed by atoms with Crippen LogP contribution in [0.5, 0.6) is 5.75 Å². The van der Waals surface area contributed by atoms with Gasteiger partial charge in [0, 0.05) is 34.2 Å². The standard InChI is InChI=1S/C29H35FN2O8/c1-6-25-27(37-18(4)35)28(38-19(5)36)26(32-17(3)34)29(40-25)39-23-11-10-20(12-13-31-16(2)33)24(15-23)21-8-7-9-22(30)14-21/h7-11,14-15,25-29H,6,12-13H2,1-5H3,(H,31,33)(H,32,34)/t25-,26-,27-,28-,29?/m1/s1. The van der Waals surface area contributed by atoms with Crippen LogP contribution in [0, 0.1) is 5.82 Å². The summed E-state index contributed by atoms with van der Waals surface area (Å²) in [4.78, 5) is 47.4. The van der Waals surface area contributed by atoms with Gasteiger partial charge in [0.15, 0.2) is 12.2 Å². The van der Waals surface area contributed by atoms with Crippen LogP contribution in [0.3, 0.4) is 0 Å². The molecule has 1 aliphatic heterocycles. The molecule has 0 bridgehead atoms. The van der Waals surface area contributed by atoms with Gasteiger partial charge in [-0.1, -0.05) is 25.1 Å². The van der Waals surface area contributed by atoms with Crippen LogP contribution in [0.15, 0.2) is 42.5 Å². The molecular formula is C29H35FN2O8. The number of hydrogen-bond donors (Lipinski definition) is 2. The highest BCUT2D eigenvalue weighted by molar-refractivity contribution is 5.74. The Bertz CT molecular complexity index is 1240. The predicted molar refractivity (Wildman–Crippen MR) is 143 cm³/mol. The molecule has 1 fully saturated rings. The molecule has 40 heavy (non-hydrogen) atoms. The highest BCUT2D eigenvalue weighted by Crippen LogP contribution is 2.33. The average Bonchev–Trinajstić information content (AvgIpc) is 2.87. The van der Waals surface area contributed by atoms with Crippen LogP contribution in [-0.4, -0.2) is 60.9 Å². The van der Waals surface area contributed by atoms with E-state index < -0.39 is 54.3 Å². The Morgan fingerprint density at radius 2 is 1.62 bits per heavy atom. The summed E-state index contributed by atoms with van der Waals surface area (Å²) in [7, 11) is 0. The van der Waals surface area contributed by atoms with Crippen molar-refractivity contribution < 1.29 is 42.5 Å². The van der Waals surface area contributed by atoms with Crippen LogP contribution >= 0.6 is 0 Å². The van der Waals surface area contributed by atoms with E-state index in [1.165, 1.54) is 39.8 Å². The topological polar surface area (TPSA) is 129 Å². The van der Waals surface area contributed by atoms with Crippen molar-refractivity contribution in [2.24, 2.45) is 0 Å². The largest absolute Gasteiger partial charge is 0.463 e. The second-order valence-electron chi connectivity index (χ2n) is 9.51. The molecule has 1 saturated heterocycles. The third kappa shape index (κ3) is 8.25. The number of nitrogens with one attached hydrogen (secondary N) is 2. The first kappa shape index (κ1) is 30.6. The maximum Gasteiger partial charge on any atom is 0.303 e. The Kier molecular flexibility index (Phi) is 10.6. The predicted octanol–water partition coefficient (Wildman–Crippen LogP) is 3.05. The fourth-order valence-electron chi connectivity index (χ4n) is 4.67. The lowest BCUT2D eigenvalue weighted by Gasteiger charge is -2.45. The van der Waals surface area contributed by atoms with Gasteiger partial charge in [-0.15, -0.1) is 0 Å². The monoisotopic (exact) mass is 558 g/mol. The van der Waals surface area contributed by atoms with Gasteiger partial charge in [-0.3, -0.25) is 19.2 Å². The Morgan fingerprint density at radius 3 is 2.23 bits per heavy atom. The quantitative estimate of drug-likeness (QED) is 0.426. The van der Waals surface area contributed by atoms with E-state index in [9.17, 15) is 23.6 Å². The summed E-state index contributed by atoms with van der Waals surface area (Å²) < 4.78 is 37.5. The molecule has 216 valence electrons. The first-order valence-corrected chi connectivity index (χ1v) is 13.1. The normalized spacial score (nSPS) is 22.1. The SMILES string of the molecule is CC[C@H]1OC(Oc2ccc(CCNC(C)=O)c(-c3cccc(F)c3)c2)[C@H](NC(C)=O)[C@@H](OC(C)=O)[C@@H]1OC(C)=O. The molecule has 2 aromatic rings. The first-order valence-electron chi connectivity index (χ1n) is 13.1. The zero-order valence-electron chi connectivity index (χ0n) is 23.2. The van der Waals surface area contributed by atoms with Gasteiger partial charge < -0.3 is 29.6 Å². The third-order valence-corrected chi connectivity index (χ3v) is 6.26. The summed E-state index contributed by atoms with van der Waals surface area (Å²) in [6.45, 7) is 7.36. The molecule has 2 amide bonds. The lowest BCUT2D eigenvalue weighted by atomic mass is 9.94. The van der Waals surface area contributed by atoms with Gasteiger partial charge in [0.1, 0.15) is 23.7 Å². The van der Waals surface area contributed by atoms with Gasteiger partial charge >= 0.3 is 11.9 Å². The fourth-order valence-corrected chi connectivity index (χ4v) is 4.67. The van der Waals surface area contributed by atoms with E-state index in [2.05, 4.69) is 10.6 Å². The van der Waals surface area contributed by atoms with Crippen LogP contribution in [0.25, 0.3) is 11.1 Å². The summed E-state index contributed by atoms with van der Waals surface area (Å²) in [5.74, 6) is -1.91. The Hall–Kier alpha value is -3.99. The number of hydrogen-bond acceptors (Lipinski definition) is 8. The molecule has 0 radical (unpaired) electrons. The van der Waals surface area contributed by atoms with E-state index in [-0.39, 0.29) is 5.91 Å². The van der Waals surface area contributed by atoms with Gasteiger partial charge in [-0.2, -0.15) is 0 Å². The number of benzene rings is 2. The van der Waals surface area contributed by atoms with E-state index >= 15 is 0 Å². The third-order valence-electron chi connectivity index (χ3n) is 6.26. The van der Waals surface area contributed by atoms with Gasteiger partial charge in [-0.25, -0.2) is 4.39 Å².